The van der Waals surface area contributed by atoms with Crippen molar-refractivity contribution in [3.63, 3.8) is 0 Å². The van der Waals surface area contributed by atoms with Gasteiger partial charge in [-0.2, -0.15) is 0 Å². The van der Waals surface area contributed by atoms with Crippen molar-refractivity contribution in [2.24, 2.45) is 11.7 Å². The highest BCUT2D eigenvalue weighted by Gasteiger charge is 2.47. The Balaban J connectivity index is 2.08. The number of rotatable bonds is 2. The van der Waals surface area contributed by atoms with Crippen LogP contribution in [-0.2, 0) is 4.74 Å². The van der Waals surface area contributed by atoms with Crippen LogP contribution in [0.2, 0.25) is 0 Å². The van der Waals surface area contributed by atoms with Crippen molar-refractivity contribution in [1.82, 2.24) is 4.90 Å². The Bertz CT molecular complexity index is 317. The summed E-state index contributed by atoms with van der Waals surface area (Å²) in [7, 11) is 0. The average molecular weight is 272 g/mol. The summed E-state index contributed by atoms with van der Waals surface area (Å²) in [4.78, 5) is 14.3. The third kappa shape index (κ3) is 2.94. The maximum Gasteiger partial charge on any atom is 0.411 e. The third-order valence-electron chi connectivity index (χ3n) is 3.68. The fraction of sp³-hybridized carbons (Fsp3) is 0.923. The van der Waals surface area contributed by atoms with Crippen LogP contribution in [0.3, 0.4) is 0 Å². The minimum absolute atomic E-state index is 0.164. The van der Waals surface area contributed by atoms with Crippen molar-refractivity contribution in [3.8, 4) is 0 Å². The maximum atomic E-state index is 12.3. The number of thioether (sulfide) groups is 1. The zero-order valence-electron chi connectivity index (χ0n) is 11.5. The monoisotopic (exact) mass is 272 g/mol. The Labute approximate surface area is 114 Å². The predicted octanol–water partition coefficient (Wildman–Crippen LogP) is 2.77. The zero-order valence-corrected chi connectivity index (χ0v) is 12.3. The topological polar surface area (TPSA) is 55.6 Å². The van der Waals surface area contributed by atoms with E-state index in [4.69, 9.17) is 10.5 Å². The SMILES string of the molecule is CC(C)(C)OC(=O)N1[C@@H](SCN)C[C@@H]2CCC[C@@H]21. The van der Waals surface area contributed by atoms with E-state index in [9.17, 15) is 4.79 Å². The lowest BCUT2D eigenvalue weighted by Crippen LogP contribution is -2.43. The van der Waals surface area contributed by atoms with Crippen molar-refractivity contribution >= 4 is 17.9 Å². The van der Waals surface area contributed by atoms with Crippen LogP contribution in [0.25, 0.3) is 0 Å². The Morgan fingerprint density at radius 2 is 2.17 bits per heavy atom. The van der Waals surface area contributed by atoms with Gasteiger partial charge in [-0.15, -0.1) is 11.8 Å². The van der Waals surface area contributed by atoms with Crippen LogP contribution in [0.4, 0.5) is 4.79 Å². The number of hydrogen-bond donors (Lipinski definition) is 1. The van der Waals surface area contributed by atoms with Gasteiger partial charge in [0.25, 0.3) is 0 Å². The number of carbonyl (C=O) groups is 1. The molecular formula is C13H24N2O2S. The number of fused-ring (bicyclic) bond motifs is 1. The van der Waals surface area contributed by atoms with E-state index >= 15 is 0 Å². The first kappa shape index (κ1) is 14.0. The molecule has 0 spiro atoms. The molecule has 2 rings (SSSR count). The molecule has 2 aliphatic rings. The molecule has 0 aromatic carbocycles. The molecule has 4 nitrogen and oxygen atoms in total. The van der Waals surface area contributed by atoms with Gasteiger partial charge in [0.15, 0.2) is 0 Å². The van der Waals surface area contributed by atoms with E-state index in [0.717, 1.165) is 12.8 Å². The fourth-order valence-corrected chi connectivity index (χ4v) is 4.08. The molecule has 1 aliphatic heterocycles. The Morgan fingerprint density at radius 3 is 2.78 bits per heavy atom. The number of amides is 1. The second-order valence-electron chi connectivity index (χ2n) is 6.17. The van der Waals surface area contributed by atoms with Gasteiger partial charge in [0.1, 0.15) is 5.60 Å². The largest absolute Gasteiger partial charge is 0.444 e. The maximum absolute atomic E-state index is 12.3. The second-order valence-corrected chi connectivity index (χ2v) is 7.38. The van der Waals surface area contributed by atoms with Crippen molar-refractivity contribution in [3.05, 3.63) is 0 Å². The van der Waals surface area contributed by atoms with Gasteiger partial charge in [0.05, 0.1) is 5.37 Å². The molecule has 18 heavy (non-hydrogen) atoms. The number of ether oxygens (including phenoxy) is 1. The van der Waals surface area contributed by atoms with E-state index in [1.165, 1.54) is 12.8 Å². The summed E-state index contributed by atoms with van der Waals surface area (Å²) in [6.45, 7) is 5.74. The molecule has 1 aliphatic carbocycles. The van der Waals surface area contributed by atoms with E-state index < -0.39 is 5.60 Å². The predicted molar refractivity (Wildman–Crippen MR) is 74.3 cm³/mol. The molecule has 1 saturated heterocycles. The summed E-state index contributed by atoms with van der Waals surface area (Å²) in [6.07, 6.45) is 4.50. The number of likely N-dealkylation sites (tertiary alicyclic amines) is 1. The van der Waals surface area contributed by atoms with Gasteiger partial charge in [-0.05, 0) is 46.0 Å². The van der Waals surface area contributed by atoms with Crippen LogP contribution < -0.4 is 5.73 Å². The summed E-state index contributed by atoms with van der Waals surface area (Å²) < 4.78 is 5.54. The molecule has 1 saturated carbocycles. The van der Waals surface area contributed by atoms with Crippen LogP contribution in [-0.4, -0.2) is 33.9 Å². The number of nitrogens with zero attached hydrogens (tertiary/aromatic N) is 1. The van der Waals surface area contributed by atoms with E-state index in [2.05, 4.69) is 0 Å². The quantitative estimate of drug-likeness (QED) is 0.785. The molecule has 0 unspecified atom stereocenters. The molecular weight excluding hydrogens is 248 g/mol. The number of hydrogen-bond acceptors (Lipinski definition) is 4. The minimum atomic E-state index is -0.425. The molecule has 1 heterocycles. The smallest absolute Gasteiger partial charge is 0.411 e. The van der Waals surface area contributed by atoms with Crippen molar-refractivity contribution in [2.75, 3.05) is 5.88 Å². The number of nitrogens with two attached hydrogens (primary N) is 1. The van der Waals surface area contributed by atoms with Crippen LogP contribution >= 0.6 is 11.8 Å². The second kappa shape index (κ2) is 5.29. The summed E-state index contributed by atoms with van der Waals surface area (Å²) in [5.74, 6) is 1.21. The summed E-state index contributed by atoms with van der Waals surface area (Å²) in [5.41, 5.74) is 5.21. The molecule has 0 bridgehead atoms. The van der Waals surface area contributed by atoms with Gasteiger partial charge in [0.2, 0.25) is 0 Å². The standard InChI is InChI=1S/C13H24N2O2S/c1-13(2,3)17-12(16)15-10-6-4-5-9(10)7-11(15)18-8-14/h9-11H,4-8,14H2,1-3H3/t9-,10-,11-/m0/s1. The van der Waals surface area contributed by atoms with Crippen molar-refractivity contribution in [2.45, 2.75) is 63.5 Å². The lowest BCUT2D eigenvalue weighted by molar-refractivity contribution is 0.0198. The average Bonchev–Trinajstić information content (AvgIpc) is 2.74. The van der Waals surface area contributed by atoms with Gasteiger partial charge < -0.3 is 10.5 Å². The van der Waals surface area contributed by atoms with Crippen molar-refractivity contribution in [1.29, 1.82) is 0 Å². The Kier molecular flexibility index (Phi) is 4.11. The molecule has 3 atom stereocenters. The normalized spacial score (nSPS) is 31.6. The highest BCUT2D eigenvalue weighted by molar-refractivity contribution is 7.99. The third-order valence-corrected chi connectivity index (χ3v) is 4.68. The summed E-state index contributed by atoms with van der Waals surface area (Å²) >= 11 is 1.66. The first-order chi connectivity index (χ1) is 8.42. The molecule has 0 aromatic rings. The van der Waals surface area contributed by atoms with Gasteiger partial charge >= 0.3 is 6.09 Å². The summed E-state index contributed by atoms with van der Waals surface area (Å²) in [6, 6.07) is 0.379. The highest BCUT2D eigenvalue weighted by Crippen LogP contribution is 2.44. The first-order valence-electron chi connectivity index (χ1n) is 6.75. The first-order valence-corrected chi connectivity index (χ1v) is 7.80. The lowest BCUT2D eigenvalue weighted by Gasteiger charge is -2.31. The Hall–Kier alpha value is -0.420. The lowest BCUT2D eigenvalue weighted by atomic mass is 10.1. The molecule has 0 aromatic heterocycles. The molecule has 104 valence electrons. The molecule has 2 N–H and O–H groups in total. The van der Waals surface area contributed by atoms with E-state index in [-0.39, 0.29) is 11.5 Å². The van der Waals surface area contributed by atoms with E-state index in [0.29, 0.717) is 17.8 Å². The fourth-order valence-electron chi connectivity index (χ4n) is 3.07. The van der Waals surface area contributed by atoms with Crippen LogP contribution in [0.5, 0.6) is 0 Å². The van der Waals surface area contributed by atoms with Crippen molar-refractivity contribution < 1.29 is 9.53 Å². The van der Waals surface area contributed by atoms with Gasteiger partial charge in [-0.1, -0.05) is 6.42 Å². The van der Waals surface area contributed by atoms with E-state index in [1.807, 2.05) is 25.7 Å². The van der Waals surface area contributed by atoms with Crippen LogP contribution in [0.15, 0.2) is 0 Å². The molecule has 1 amide bonds. The molecule has 0 radical (unpaired) electrons. The Morgan fingerprint density at radius 1 is 1.44 bits per heavy atom. The van der Waals surface area contributed by atoms with Gasteiger partial charge in [-0.25, -0.2) is 4.79 Å². The molecule has 2 fully saturated rings. The van der Waals surface area contributed by atoms with E-state index in [1.54, 1.807) is 11.8 Å². The molecule has 5 heteroatoms. The number of carbonyl (C=O) groups excluding carboxylic acids is 1. The van der Waals surface area contributed by atoms with Gasteiger partial charge in [0, 0.05) is 11.9 Å². The minimum Gasteiger partial charge on any atom is -0.444 e. The summed E-state index contributed by atoms with van der Waals surface area (Å²) in [5, 5.41) is 0.208. The van der Waals surface area contributed by atoms with Gasteiger partial charge in [-0.3, -0.25) is 4.90 Å². The highest BCUT2D eigenvalue weighted by atomic mass is 32.2. The van der Waals surface area contributed by atoms with Crippen LogP contribution in [0.1, 0.15) is 46.5 Å². The zero-order chi connectivity index (χ0) is 13.3. The van der Waals surface area contributed by atoms with Crippen LogP contribution in [0, 0.1) is 5.92 Å².